The third kappa shape index (κ3) is 2.20. The van der Waals surface area contributed by atoms with Gasteiger partial charge in [0, 0.05) is 6.54 Å². The van der Waals surface area contributed by atoms with Crippen LogP contribution in [0.2, 0.25) is 0 Å². The fourth-order valence-corrected chi connectivity index (χ4v) is 3.32. The van der Waals surface area contributed by atoms with Gasteiger partial charge in [0.25, 0.3) is 0 Å². The summed E-state index contributed by atoms with van der Waals surface area (Å²) in [7, 11) is 0. The van der Waals surface area contributed by atoms with E-state index in [1.807, 2.05) is 0 Å². The normalized spacial score (nSPS) is 24.4. The van der Waals surface area contributed by atoms with Crippen molar-refractivity contribution in [2.75, 3.05) is 6.54 Å². The first-order valence-electron chi connectivity index (χ1n) is 6.32. The lowest BCUT2D eigenvalue weighted by molar-refractivity contribution is 0.512. The molecule has 0 saturated heterocycles. The first kappa shape index (κ1) is 10.2. The van der Waals surface area contributed by atoms with Gasteiger partial charge in [0.05, 0.1) is 0 Å². The standard InChI is InChI=1S/C13H23N/c14-10-9-13(11-5-1-2-6-11)12-7-3-4-8-12/h9,11-12H,1-8,10,14H2. The summed E-state index contributed by atoms with van der Waals surface area (Å²) in [6, 6.07) is 0. The minimum atomic E-state index is 0.752. The Morgan fingerprint density at radius 2 is 1.36 bits per heavy atom. The van der Waals surface area contributed by atoms with E-state index in [-0.39, 0.29) is 0 Å². The summed E-state index contributed by atoms with van der Waals surface area (Å²) in [6.07, 6.45) is 13.8. The molecule has 2 saturated carbocycles. The van der Waals surface area contributed by atoms with E-state index in [9.17, 15) is 0 Å². The van der Waals surface area contributed by atoms with E-state index < -0.39 is 0 Å². The van der Waals surface area contributed by atoms with Gasteiger partial charge in [-0.1, -0.05) is 37.3 Å². The lowest BCUT2D eigenvalue weighted by Gasteiger charge is -2.21. The first-order valence-corrected chi connectivity index (χ1v) is 6.32. The fourth-order valence-electron chi connectivity index (χ4n) is 3.32. The quantitative estimate of drug-likeness (QED) is 0.684. The molecular formula is C13H23N. The summed E-state index contributed by atoms with van der Waals surface area (Å²) >= 11 is 0. The van der Waals surface area contributed by atoms with Crippen molar-refractivity contribution in [3.05, 3.63) is 11.6 Å². The second-order valence-corrected chi connectivity index (χ2v) is 4.90. The maximum atomic E-state index is 5.69. The van der Waals surface area contributed by atoms with Crippen molar-refractivity contribution in [2.45, 2.75) is 51.4 Å². The SMILES string of the molecule is NCC=C(C1CCCC1)C1CCCC1. The maximum Gasteiger partial charge on any atom is 0.0109 e. The molecule has 2 fully saturated rings. The number of nitrogens with two attached hydrogens (primary N) is 1. The van der Waals surface area contributed by atoms with Crippen LogP contribution < -0.4 is 5.73 Å². The highest BCUT2D eigenvalue weighted by atomic mass is 14.5. The minimum Gasteiger partial charge on any atom is -0.327 e. The van der Waals surface area contributed by atoms with Gasteiger partial charge in [0.1, 0.15) is 0 Å². The van der Waals surface area contributed by atoms with Gasteiger partial charge in [0.2, 0.25) is 0 Å². The topological polar surface area (TPSA) is 26.0 Å². The number of allylic oxidation sites excluding steroid dienone is 1. The lowest BCUT2D eigenvalue weighted by atomic mass is 9.85. The zero-order valence-electron chi connectivity index (χ0n) is 9.17. The van der Waals surface area contributed by atoms with E-state index in [2.05, 4.69) is 6.08 Å². The molecule has 0 aliphatic heterocycles. The van der Waals surface area contributed by atoms with Crippen molar-refractivity contribution in [3.63, 3.8) is 0 Å². The second kappa shape index (κ2) is 4.97. The highest BCUT2D eigenvalue weighted by molar-refractivity contribution is 5.14. The molecule has 0 bridgehead atoms. The van der Waals surface area contributed by atoms with Gasteiger partial charge in [0.15, 0.2) is 0 Å². The summed E-state index contributed by atoms with van der Waals surface area (Å²) < 4.78 is 0. The largest absolute Gasteiger partial charge is 0.327 e. The van der Waals surface area contributed by atoms with Crippen molar-refractivity contribution in [1.82, 2.24) is 0 Å². The first-order chi connectivity index (χ1) is 6.92. The van der Waals surface area contributed by atoms with E-state index >= 15 is 0 Å². The molecule has 0 radical (unpaired) electrons. The Hall–Kier alpha value is -0.300. The monoisotopic (exact) mass is 193 g/mol. The van der Waals surface area contributed by atoms with Crippen LogP contribution in [0.15, 0.2) is 11.6 Å². The van der Waals surface area contributed by atoms with Crippen LogP contribution in [0.4, 0.5) is 0 Å². The molecule has 0 atom stereocenters. The van der Waals surface area contributed by atoms with Crippen LogP contribution in [0.25, 0.3) is 0 Å². The highest BCUT2D eigenvalue weighted by Crippen LogP contribution is 2.40. The molecular weight excluding hydrogens is 170 g/mol. The molecule has 1 nitrogen and oxygen atoms in total. The molecule has 0 unspecified atom stereocenters. The minimum absolute atomic E-state index is 0.752. The Morgan fingerprint density at radius 1 is 0.929 bits per heavy atom. The van der Waals surface area contributed by atoms with Gasteiger partial charge in [-0.25, -0.2) is 0 Å². The molecule has 2 rings (SSSR count). The van der Waals surface area contributed by atoms with Crippen molar-refractivity contribution in [3.8, 4) is 0 Å². The second-order valence-electron chi connectivity index (χ2n) is 4.90. The summed E-state index contributed by atoms with van der Waals surface area (Å²) in [4.78, 5) is 0. The Balaban J connectivity index is 2.02. The number of rotatable bonds is 3. The van der Waals surface area contributed by atoms with Crippen LogP contribution in [-0.4, -0.2) is 6.54 Å². The Bertz CT molecular complexity index is 177. The maximum absolute atomic E-state index is 5.69. The molecule has 0 aromatic heterocycles. The van der Waals surface area contributed by atoms with Crippen molar-refractivity contribution in [2.24, 2.45) is 17.6 Å². The van der Waals surface area contributed by atoms with Crippen molar-refractivity contribution >= 4 is 0 Å². The smallest absolute Gasteiger partial charge is 0.0109 e. The van der Waals surface area contributed by atoms with Crippen LogP contribution in [0.5, 0.6) is 0 Å². The number of hydrogen-bond acceptors (Lipinski definition) is 1. The third-order valence-electron chi connectivity index (χ3n) is 4.01. The average molecular weight is 193 g/mol. The molecule has 1 heteroatoms. The van der Waals surface area contributed by atoms with E-state index in [1.54, 1.807) is 5.57 Å². The van der Waals surface area contributed by atoms with Crippen LogP contribution in [0, 0.1) is 11.8 Å². The van der Waals surface area contributed by atoms with E-state index in [1.165, 1.54) is 51.4 Å². The summed E-state index contributed by atoms with van der Waals surface area (Å²) in [6.45, 7) is 0.752. The third-order valence-corrected chi connectivity index (χ3v) is 4.01. The summed E-state index contributed by atoms with van der Waals surface area (Å²) in [5.41, 5.74) is 7.43. The highest BCUT2D eigenvalue weighted by Gasteiger charge is 2.27. The Labute approximate surface area is 87.8 Å². The van der Waals surface area contributed by atoms with Crippen LogP contribution in [0.1, 0.15) is 51.4 Å². The summed E-state index contributed by atoms with van der Waals surface area (Å²) in [5, 5.41) is 0. The van der Waals surface area contributed by atoms with Crippen LogP contribution in [0.3, 0.4) is 0 Å². The van der Waals surface area contributed by atoms with Gasteiger partial charge >= 0.3 is 0 Å². The van der Waals surface area contributed by atoms with E-state index in [0.717, 1.165) is 18.4 Å². The van der Waals surface area contributed by atoms with Gasteiger partial charge in [-0.15, -0.1) is 0 Å². The van der Waals surface area contributed by atoms with Crippen molar-refractivity contribution < 1.29 is 0 Å². The molecule has 0 spiro atoms. The van der Waals surface area contributed by atoms with Gasteiger partial charge in [-0.2, -0.15) is 0 Å². The Kier molecular flexibility index (Phi) is 3.63. The fraction of sp³-hybridized carbons (Fsp3) is 0.846. The number of hydrogen-bond donors (Lipinski definition) is 1. The summed E-state index contributed by atoms with van der Waals surface area (Å²) in [5.74, 6) is 1.81. The molecule has 0 aromatic rings. The lowest BCUT2D eigenvalue weighted by Crippen LogP contribution is -2.10. The van der Waals surface area contributed by atoms with Crippen molar-refractivity contribution in [1.29, 1.82) is 0 Å². The zero-order chi connectivity index (χ0) is 9.80. The predicted octanol–water partition coefficient (Wildman–Crippen LogP) is 3.25. The average Bonchev–Trinajstić information content (AvgIpc) is 2.87. The molecule has 2 aliphatic carbocycles. The molecule has 2 N–H and O–H groups in total. The zero-order valence-corrected chi connectivity index (χ0v) is 9.17. The van der Waals surface area contributed by atoms with Crippen LogP contribution >= 0.6 is 0 Å². The predicted molar refractivity (Wildman–Crippen MR) is 61.1 cm³/mol. The van der Waals surface area contributed by atoms with E-state index in [0.29, 0.717) is 0 Å². The Morgan fingerprint density at radius 3 is 1.71 bits per heavy atom. The molecule has 2 aliphatic rings. The van der Waals surface area contributed by atoms with Gasteiger partial charge < -0.3 is 5.73 Å². The van der Waals surface area contributed by atoms with E-state index in [4.69, 9.17) is 5.73 Å². The molecule has 80 valence electrons. The molecule has 0 heterocycles. The molecule has 0 amide bonds. The van der Waals surface area contributed by atoms with Gasteiger partial charge in [-0.05, 0) is 37.5 Å². The molecule has 0 aromatic carbocycles. The van der Waals surface area contributed by atoms with Crippen LogP contribution in [-0.2, 0) is 0 Å². The van der Waals surface area contributed by atoms with Gasteiger partial charge in [-0.3, -0.25) is 0 Å². The molecule has 14 heavy (non-hydrogen) atoms.